The molecule has 0 heterocycles. The number of hydrogen-bond donors (Lipinski definition) is 1. The molecular formula is C21H23BrCl2N2O3. The Morgan fingerprint density at radius 2 is 1.83 bits per heavy atom. The third-order valence-electron chi connectivity index (χ3n) is 4.14. The van der Waals surface area contributed by atoms with Crippen LogP contribution in [-0.2, 0) is 16.1 Å². The third kappa shape index (κ3) is 6.91. The molecule has 1 N–H and O–H groups in total. The molecule has 0 aliphatic rings. The van der Waals surface area contributed by atoms with E-state index in [1.165, 1.54) is 4.90 Å². The van der Waals surface area contributed by atoms with Gasteiger partial charge in [-0.2, -0.15) is 0 Å². The van der Waals surface area contributed by atoms with Crippen molar-refractivity contribution in [2.45, 2.75) is 39.4 Å². The van der Waals surface area contributed by atoms with Crippen molar-refractivity contribution in [3.8, 4) is 5.75 Å². The van der Waals surface area contributed by atoms with Gasteiger partial charge in [0.05, 0.1) is 4.47 Å². The summed E-state index contributed by atoms with van der Waals surface area (Å²) < 4.78 is 6.29. The number of halogens is 3. The molecule has 1 unspecified atom stereocenters. The summed E-state index contributed by atoms with van der Waals surface area (Å²) in [5.74, 6) is -0.0917. The van der Waals surface area contributed by atoms with E-state index in [1.54, 1.807) is 31.2 Å². The Labute approximate surface area is 189 Å². The van der Waals surface area contributed by atoms with Gasteiger partial charge in [0.2, 0.25) is 5.91 Å². The molecule has 0 aromatic heterocycles. The second kappa shape index (κ2) is 10.9. The van der Waals surface area contributed by atoms with Crippen molar-refractivity contribution in [2.24, 2.45) is 0 Å². The second-order valence-electron chi connectivity index (χ2n) is 6.82. The Hall–Kier alpha value is -1.76. The molecule has 8 heteroatoms. The van der Waals surface area contributed by atoms with Gasteiger partial charge in [-0.05, 0) is 66.5 Å². The number of nitrogens with zero attached hydrogens (tertiary/aromatic N) is 1. The van der Waals surface area contributed by atoms with E-state index >= 15 is 0 Å². The highest BCUT2D eigenvalue weighted by molar-refractivity contribution is 9.10. The van der Waals surface area contributed by atoms with Gasteiger partial charge in [-0.3, -0.25) is 9.59 Å². The van der Waals surface area contributed by atoms with E-state index in [0.29, 0.717) is 20.3 Å². The lowest BCUT2D eigenvalue weighted by molar-refractivity contribution is -0.142. The molecule has 1 atom stereocenters. The summed E-state index contributed by atoms with van der Waals surface area (Å²) in [6.45, 7) is 5.38. The van der Waals surface area contributed by atoms with Crippen LogP contribution in [0.4, 0.5) is 0 Å². The third-order valence-corrected chi connectivity index (χ3v) is 5.37. The smallest absolute Gasteiger partial charge is 0.261 e. The van der Waals surface area contributed by atoms with Crippen LogP contribution in [0.2, 0.25) is 10.0 Å². The second-order valence-corrected chi connectivity index (χ2v) is 8.51. The Balaban J connectivity index is 2.19. The van der Waals surface area contributed by atoms with E-state index in [9.17, 15) is 9.59 Å². The minimum Gasteiger partial charge on any atom is -0.483 e. The first-order valence-corrected chi connectivity index (χ1v) is 10.6. The van der Waals surface area contributed by atoms with Gasteiger partial charge in [-0.1, -0.05) is 41.4 Å². The quantitative estimate of drug-likeness (QED) is 0.548. The molecule has 2 aromatic rings. The standard InChI is InChI=1S/C21H23BrCl2N2O3/c1-13(2)25-21(28)14(3)26(11-15-6-4-5-7-18(15)24)20(27)12-29-19-9-8-16(23)10-17(19)22/h4-10,13-14H,11-12H2,1-3H3,(H,25,28). The number of carbonyl (C=O) groups excluding carboxylic acids is 2. The van der Waals surface area contributed by atoms with Gasteiger partial charge in [0.15, 0.2) is 6.61 Å². The van der Waals surface area contributed by atoms with Crippen molar-refractivity contribution in [1.82, 2.24) is 10.2 Å². The normalized spacial score (nSPS) is 11.8. The fraction of sp³-hybridized carbons (Fsp3) is 0.333. The molecular weight excluding hydrogens is 479 g/mol. The number of ether oxygens (including phenoxy) is 1. The molecule has 156 valence electrons. The van der Waals surface area contributed by atoms with E-state index in [2.05, 4.69) is 21.2 Å². The highest BCUT2D eigenvalue weighted by Gasteiger charge is 2.27. The number of benzene rings is 2. The average molecular weight is 502 g/mol. The fourth-order valence-corrected chi connectivity index (χ4v) is 3.61. The summed E-state index contributed by atoms with van der Waals surface area (Å²) in [6.07, 6.45) is 0. The van der Waals surface area contributed by atoms with Crippen molar-refractivity contribution in [1.29, 1.82) is 0 Å². The summed E-state index contributed by atoms with van der Waals surface area (Å²) in [7, 11) is 0. The minimum absolute atomic E-state index is 0.0384. The van der Waals surface area contributed by atoms with E-state index in [1.807, 2.05) is 32.0 Å². The molecule has 2 aromatic carbocycles. The summed E-state index contributed by atoms with van der Waals surface area (Å²) in [5, 5.41) is 3.92. The van der Waals surface area contributed by atoms with Crippen LogP contribution >= 0.6 is 39.1 Å². The first-order valence-electron chi connectivity index (χ1n) is 9.10. The van der Waals surface area contributed by atoms with Crippen molar-refractivity contribution in [2.75, 3.05) is 6.61 Å². The number of carbonyl (C=O) groups is 2. The number of hydrogen-bond acceptors (Lipinski definition) is 3. The Kier molecular flexibility index (Phi) is 8.80. The monoisotopic (exact) mass is 500 g/mol. The predicted octanol–water partition coefficient (Wildman–Crippen LogP) is 5.08. The van der Waals surface area contributed by atoms with E-state index in [0.717, 1.165) is 5.56 Å². The largest absolute Gasteiger partial charge is 0.483 e. The number of amides is 2. The Morgan fingerprint density at radius 1 is 1.14 bits per heavy atom. The molecule has 2 amide bonds. The van der Waals surface area contributed by atoms with E-state index in [-0.39, 0.29) is 31.0 Å². The topological polar surface area (TPSA) is 58.6 Å². The fourth-order valence-electron chi connectivity index (χ4n) is 2.61. The van der Waals surface area contributed by atoms with Gasteiger partial charge >= 0.3 is 0 Å². The minimum atomic E-state index is -0.696. The van der Waals surface area contributed by atoms with Crippen molar-refractivity contribution < 1.29 is 14.3 Å². The van der Waals surface area contributed by atoms with Crippen LogP contribution in [0.1, 0.15) is 26.3 Å². The highest BCUT2D eigenvalue weighted by Crippen LogP contribution is 2.28. The van der Waals surface area contributed by atoms with Crippen LogP contribution in [-0.4, -0.2) is 35.4 Å². The number of nitrogens with one attached hydrogen (secondary N) is 1. The maximum absolute atomic E-state index is 13.0. The summed E-state index contributed by atoms with van der Waals surface area (Å²) in [6, 6.07) is 11.5. The lowest BCUT2D eigenvalue weighted by Crippen LogP contribution is -2.50. The molecule has 2 rings (SSSR count). The van der Waals surface area contributed by atoms with Crippen LogP contribution in [0.3, 0.4) is 0 Å². The predicted molar refractivity (Wildman–Crippen MR) is 119 cm³/mol. The van der Waals surface area contributed by atoms with Gasteiger partial charge in [0.25, 0.3) is 5.91 Å². The molecule has 0 saturated carbocycles. The molecule has 0 bridgehead atoms. The van der Waals surface area contributed by atoms with Crippen molar-refractivity contribution >= 4 is 50.9 Å². The molecule has 0 aliphatic carbocycles. The molecule has 0 saturated heterocycles. The van der Waals surface area contributed by atoms with Crippen molar-refractivity contribution in [3.05, 3.63) is 62.5 Å². The summed E-state index contributed by atoms with van der Waals surface area (Å²) in [5.41, 5.74) is 0.749. The zero-order chi connectivity index (χ0) is 21.6. The molecule has 0 aliphatic heterocycles. The van der Waals surface area contributed by atoms with Gasteiger partial charge in [-0.25, -0.2) is 0 Å². The Bertz CT molecular complexity index is 877. The first-order chi connectivity index (χ1) is 13.7. The first kappa shape index (κ1) is 23.5. The highest BCUT2D eigenvalue weighted by atomic mass is 79.9. The van der Waals surface area contributed by atoms with Crippen molar-refractivity contribution in [3.63, 3.8) is 0 Å². The Morgan fingerprint density at radius 3 is 2.45 bits per heavy atom. The summed E-state index contributed by atoms with van der Waals surface area (Å²) >= 11 is 15.6. The summed E-state index contributed by atoms with van der Waals surface area (Å²) in [4.78, 5) is 27.0. The lowest BCUT2D eigenvalue weighted by atomic mass is 10.1. The van der Waals surface area contributed by atoms with Gasteiger partial charge in [0, 0.05) is 22.6 Å². The van der Waals surface area contributed by atoms with Gasteiger partial charge < -0.3 is 15.0 Å². The SMILES string of the molecule is CC(C)NC(=O)C(C)N(Cc1ccccc1Cl)C(=O)COc1ccc(Cl)cc1Br. The maximum Gasteiger partial charge on any atom is 0.261 e. The van der Waals surface area contributed by atoms with Gasteiger partial charge in [-0.15, -0.1) is 0 Å². The maximum atomic E-state index is 13.0. The van der Waals surface area contributed by atoms with Crippen LogP contribution < -0.4 is 10.1 Å². The van der Waals surface area contributed by atoms with Crippen LogP contribution in [0, 0.1) is 0 Å². The van der Waals surface area contributed by atoms with Gasteiger partial charge in [0.1, 0.15) is 11.8 Å². The zero-order valence-electron chi connectivity index (χ0n) is 16.4. The molecule has 0 fully saturated rings. The molecule has 5 nitrogen and oxygen atoms in total. The molecule has 0 radical (unpaired) electrons. The zero-order valence-corrected chi connectivity index (χ0v) is 19.5. The average Bonchev–Trinajstić information content (AvgIpc) is 2.65. The van der Waals surface area contributed by atoms with Crippen LogP contribution in [0.15, 0.2) is 46.9 Å². The lowest BCUT2D eigenvalue weighted by Gasteiger charge is -2.29. The van der Waals surface area contributed by atoms with E-state index in [4.69, 9.17) is 27.9 Å². The number of rotatable bonds is 8. The van der Waals surface area contributed by atoms with E-state index < -0.39 is 6.04 Å². The molecule has 29 heavy (non-hydrogen) atoms. The van der Waals surface area contributed by atoms with Crippen LogP contribution in [0.25, 0.3) is 0 Å². The van der Waals surface area contributed by atoms with Crippen LogP contribution in [0.5, 0.6) is 5.75 Å². The molecule has 0 spiro atoms.